The molecule has 0 spiro atoms. The maximum Gasteiger partial charge on any atom is 0.250 e. The minimum atomic E-state index is -1.11. The molecule has 116 valence electrons. The Morgan fingerprint density at radius 1 is 1.14 bits per heavy atom. The van der Waals surface area contributed by atoms with Crippen LogP contribution in [0.5, 0.6) is 0 Å². The van der Waals surface area contributed by atoms with Gasteiger partial charge in [0, 0.05) is 19.3 Å². The predicted octanol–water partition coefficient (Wildman–Crippen LogP) is 0.00650. The Labute approximate surface area is 161 Å². The van der Waals surface area contributed by atoms with Crippen LogP contribution in [0, 0.1) is 5.92 Å². The Kier molecular flexibility index (Phi) is 6.43. The van der Waals surface area contributed by atoms with E-state index < -0.39 is 27.1 Å². The third-order valence-corrected chi connectivity index (χ3v) is 7.00. The van der Waals surface area contributed by atoms with Crippen molar-refractivity contribution in [1.29, 1.82) is 0 Å². The van der Waals surface area contributed by atoms with E-state index in [-0.39, 0.29) is 27.8 Å². The van der Waals surface area contributed by atoms with Gasteiger partial charge in [-0.05, 0) is 51.6 Å². The molecule has 0 aromatic heterocycles. The molecule has 10 heteroatoms. The first-order valence-electron chi connectivity index (χ1n) is 5.58. The second-order valence-corrected chi connectivity index (χ2v) is 8.48. The number of aliphatic hydroxyl groups is 1. The number of nitrogens with two attached hydrogens (primary N) is 3. The Hall–Kier alpha value is 0.0400. The Bertz CT molecular complexity index is 587. The van der Waals surface area contributed by atoms with Crippen molar-refractivity contribution < 1.29 is 19.5 Å². The van der Waals surface area contributed by atoms with Gasteiger partial charge in [0.1, 0.15) is 0 Å². The number of amides is 3. The van der Waals surface area contributed by atoms with Gasteiger partial charge >= 0.3 is 0 Å². The molecule has 0 bridgehead atoms. The lowest BCUT2D eigenvalue weighted by Gasteiger charge is -2.39. The molecule has 0 radical (unpaired) electrons. The van der Waals surface area contributed by atoms with Gasteiger partial charge in [-0.15, -0.1) is 0 Å². The average molecular weight is 631 g/mol. The molecule has 7 nitrogen and oxygen atoms in total. The van der Waals surface area contributed by atoms with E-state index in [4.69, 9.17) is 17.2 Å². The van der Waals surface area contributed by atoms with E-state index in [9.17, 15) is 19.5 Å². The number of hydrogen-bond acceptors (Lipinski definition) is 4. The summed E-state index contributed by atoms with van der Waals surface area (Å²) in [5, 5.41) is 9.29. The Morgan fingerprint density at radius 2 is 1.67 bits per heavy atom. The highest BCUT2D eigenvalue weighted by molar-refractivity contribution is 14.1. The first-order valence-corrected chi connectivity index (χ1v) is 8.82. The molecule has 2 unspecified atom stereocenters. The fourth-order valence-electron chi connectivity index (χ4n) is 2.22. The van der Waals surface area contributed by atoms with Gasteiger partial charge in [-0.3, -0.25) is 14.4 Å². The van der Waals surface area contributed by atoms with Crippen molar-refractivity contribution in [1.82, 2.24) is 0 Å². The first-order chi connectivity index (χ1) is 9.59. The van der Waals surface area contributed by atoms with E-state index in [1.807, 2.05) is 45.2 Å². The fraction of sp³-hybridized carbons (Fsp3) is 0.364. The summed E-state index contributed by atoms with van der Waals surface area (Å²) in [6, 6.07) is 0. The topological polar surface area (TPSA) is 150 Å². The number of hydrogen-bond donors (Lipinski definition) is 4. The minimum Gasteiger partial charge on any atom is -0.396 e. The lowest BCUT2D eigenvalue weighted by Crippen LogP contribution is -2.49. The van der Waals surface area contributed by atoms with Crippen molar-refractivity contribution in [3.05, 3.63) is 18.3 Å². The van der Waals surface area contributed by atoms with Gasteiger partial charge < -0.3 is 22.3 Å². The van der Waals surface area contributed by atoms with E-state index in [0.717, 1.165) is 0 Å². The molecule has 0 saturated carbocycles. The van der Waals surface area contributed by atoms with Gasteiger partial charge in [0.05, 0.1) is 14.9 Å². The molecule has 0 saturated heterocycles. The summed E-state index contributed by atoms with van der Waals surface area (Å²) in [6.45, 7) is -0.275. The highest BCUT2D eigenvalue weighted by atomic mass is 127. The van der Waals surface area contributed by atoms with Gasteiger partial charge in [0.2, 0.25) is 11.8 Å². The van der Waals surface area contributed by atoms with Gasteiger partial charge in [-0.25, -0.2) is 0 Å². The normalized spacial score (nSPS) is 26.0. The standard InChI is InChI=1S/C11H12I3N3O4/c12-6-3(8(15)19)7(13)5(10(17)21)11(14,1-2-18)4(6)9(16)20/h4,18H,1-2H2,(H2,15,19)(H2,16,20)(H2,17,21). The molecule has 1 aliphatic carbocycles. The van der Waals surface area contributed by atoms with E-state index in [0.29, 0.717) is 3.58 Å². The van der Waals surface area contributed by atoms with E-state index in [2.05, 4.69) is 0 Å². The zero-order valence-electron chi connectivity index (χ0n) is 10.5. The van der Waals surface area contributed by atoms with Crippen LogP contribution >= 0.6 is 67.8 Å². The molecule has 3 amide bonds. The minimum absolute atomic E-state index is 0.0685. The molecule has 0 fully saturated rings. The largest absolute Gasteiger partial charge is 0.396 e. The molecular formula is C11H12I3N3O4. The van der Waals surface area contributed by atoms with Crippen LogP contribution in [0.4, 0.5) is 0 Å². The van der Waals surface area contributed by atoms with Gasteiger partial charge in [-0.2, -0.15) is 0 Å². The quantitative estimate of drug-likeness (QED) is 0.250. The molecule has 0 heterocycles. The number of rotatable bonds is 5. The number of primary amides is 3. The molecule has 0 aromatic rings. The molecule has 1 aliphatic rings. The number of carbonyl (C=O) groups excluding carboxylic acids is 3. The molecule has 1 rings (SSSR count). The van der Waals surface area contributed by atoms with E-state index in [1.165, 1.54) is 0 Å². The van der Waals surface area contributed by atoms with Crippen molar-refractivity contribution in [3.63, 3.8) is 0 Å². The van der Waals surface area contributed by atoms with Crippen LogP contribution in [0.15, 0.2) is 18.3 Å². The van der Waals surface area contributed by atoms with Crippen molar-refractivity contribution in [2.45, 2.75) is 9.84 Å². The number of alkyl halides is 1. The van der Waals surface area contributed by atoms with Crippen molar-refractivity contribution >= 4 is 85.5 Å². The first kappa shape index (κ1) is 19.1. The second-order valence-electron chi connectivity index (χ2n) is 4.31. The van der Waals surface area contributed by atoms with Crippen molar-refractivity contribution in [3.8, 4) is 0 Å². The average Bonchev–Trinajstić information content (AvgIpc) is 2.25. The summed E-state index contributed by atoms with van der Waals surface area (Å²) < 4.78 is -0.474. The molecule has 21 heavy (non-hydrogen) atoms. The molecule has 0 aromatic carbocycles. The summed E-state index contributed by atoms with van der Waals surface area (Å²) in [4.78, 5) is 35.4. The lowest BCUT2D eigenvalue weighted by atomic mass is 9.77. The molecule has 7 N–H and O–H groups in total. The van der Waals surface area contributed by atoms with Gasteiger partial charge in [0.25, 0.3) is 5.91 Å². The Morgan fingerprint density at radius 3 is 2.00 bits per heavy atom. The monoisotopic (exact) mass is 631 g/mol. The third kappa shape index (κ3) is 3.36. The van der Waals surface area contributed by atoms with Crippen LogP contribution in [0.25, 0.3) is 0 Å². The van der Waals surface area contributed by atoms with Crippen LogP contribution in [-0.4, -0.2) is 32.9 Å². The van der Waals surface area contributed by atoms with E-state index >= 15 is 0 Å². The van der Waals surface area contributed by atoms with Crippen molar-refractivity contribution in [2.24, 2.45) is 23.1 Å². The smallest absolute Gasteiger partial charge is 0.250 e. The van der Waals surface area contributed by atoms with Crippen LogP contribution in [-0.2, 0) is 14.4 Å². The number of carbonyl (C=O) groups is 3. The Balaban J connectivity index is 3.78. The van der Waals surface area contributed by atoms with Crippen molar-refractivity contribution in [2.75, 3.05) is 6.61 Å². The highest BCUT2D eigenvalue weighted by Gasteiger charge is 2.51. The summed E-state index contributed by atoms with van der Waals surface area (Å²) in [5.41, 5.74) is 16.3. The van der Waals surface area contributed by atoms with Crippen LogP contribution in [0.1, 0.15) is 6.42 Å². The zero-order chi connectivity index (χ0) is 16.5. The number of aliphatic hydroxyl groups excluding tert-OH is 1. The molecule has 2 atom stereocenters. The van der Waals surface area contributed by atoms with Gasteiger partial charge in [-0.1, -0.05) is 22.6 Å². The highest BCUT2D eigenvalue weighted by Crippen LogP contribution is 2.52. The lowest BCUT2D eigenvalue weighted by molar-refractivity contribution is -0.121. The summed E-state index contributed by atoms with van der Waals surface area (Å²) in [7, 11) is 0. The fourth-order valence-corrected chi connectivity index (χ4v) is 7.92. The predicted molar refractivity (Wildman–Crippen MR) is 102 cm³/mol. The molecule has 0 aliphatic heterocycles. The maximum absolute atomic E-state index is 11.9. The molecular weight excluding hydrogens is 619 g/mol. The maximum atomic E-state index is 11.9. The van der Waals surface area contributed by atoms with Crippen LogP contribution < -0.4 is 17.2 Å². The number of halogens is 3. The van der Waals surface area contributed by atoms with Crippen LogP contribution in [0.2, 0.25) is 0 Å². The zero-order valence-corrected chi connectivity index (χ0v) is 17.0. The SMILES string of the molecule is NC(=O)C1=C(I)C(C(N)=O)C(I)(CCO)C(C(N)=O)=C1I. The summed E-state index contributed by atoms with van der Waals surface area (Å²) in [6.07, 6.45) is 0.0878. The summed E-state index contributed by atoms with van der Waals surface area (Å²) in [5.74, 6) is -3.23. The second kappa shape index (κ2) is 7.08. The van der Waals surface area contributed by atoms with Crippen LogP contribution in [0.3, 0.4) is 0 Å². The third-order valence-electron chi connectivity index (χ3n) is 3.06. The van der Waals surface area contributed by atoms with E-state index in [1.54, 1.807) is 22.6 Å². The van der Waals surface area contributed by atoms with Gasteiger partial charge in [0.15, 0.2) is 0 Å². The summed E-state index contributed by atoms with van der Waals surface area (Å²) >= 11 is 5.52.